The highest BCUT2D eigenvalue weighted by Gasteiger charge is 2.54. The van der Waals surface area contributed by atoms with Gasteiger partial charge in [-0.1, -0.05) is 23.7 Å². The van der Waals surface area contributed by atoms with Crippen LogP contribution in [0, 0.1) is 11.8 Å². The summed E-state index contributed by atoms with van der Waals surface area (Å²) in [6.45, 7) is 1.81. The van der Waals surface area contributed by atoms with Crippen LogP contribution in [0.2, 0.25) is 5.02 Å². The Labute approximate surface area is 105 Å². The molecule has 6 heteroatoms. The van der Waals surface area contributed by atoms with Gasteiger partial charge >= 0.3 is 0 Å². The van der Waals surface area contributed by atoms with E-state index in [9.17, 15) is 8.42 Å². The molecule has 1 saturated carbocycles. The number of fused-ring (bicyclic) bond motifs is 1. The Morgan fingerprint density at radius 3 is 2.53 bits per heavy atom. The number of sulfonamides is 1. The van der Waals surface area contributed by atoms with Crippen LogP contribution in [0.15, 0.2) is 29.2 Å². The van der Waals surface area contributed by atoms with Crippen LogP contribution in [0.3, 0.4) is 0 Å². The molecule has 0 amide bonds. The minimum atomic E-state index is -3.48. The first kappa shape index (κ1) is 11.5. The van der Waals surface area contributed by atoms with Crippen molar-refractivity contribution in [2.75, 3.05) is 13.1 Å². The molecular weight excluding hydrogens is 260 g/mol. The van der Waals surface area contributed by atoms with Crippen molar-refractivity contribution in [1.29, 1.82) is 0 Å². The van der Waals surface area contributed by atoms with Crippen LogP contribution in [0.5, 0.6) is 0 Å². The number of nitrogens with one attached hydrogen (secondary N) is 2. The maximum atomic E-state index is 12.1. The van der Waals surface area contributed by atoms with Gasteiger partial charge in [0.15, 0.2) is 0 Å². The van der Waals surface area contributed by atoms with Gasteiger partial charge in [0.1, 0.15) is 4.90 Å². The van der Waals surface area contributed by atoms with E-state index in [0.29, 0.717) is 11.8 Å². The van der Waals surface area contributed by atoms with Gasteiger partial charge in [0.2, 0.25) is 10.0 Å². The third-order valence-electron chi connectivity index (χ3n) is 3.51. The molecule has 1 aliphatic heterocycles. The van der Waals surface area contributed by atoms with Crippen LogP contribution in [-0.4, -0.2) is 27.5 Å². The van der Waals surface area contributed by atoms with E-state index in [1.165, 1.54) is 6.07 Å². The van der Waals surface area contributed by atoms with Gasteiger partial charge in [-0.3, -0.25) is 0 Å². The second kappa shape index (κ2) is 3.95. The molecule has 1 saturated heterocycles. The average molecular weight is 273 g/mol. The summed E-state index contributed by atoms with van der Waals surface area (Å²) in [4.78, 5) is 0.166. The summed E-state index contributed by atoms with van der Waals surface area (Å²) in [5.74, 6) is 0.902. The number of rotatable bonds is 3. The topological polar surface area (TPSA) is 58.2 Å². The lowest BCUT2D eigenvalue weighted by atomic mass is 10.4. The molecule has 2 fully saturated rings. The highest BCUT2D eigenvalue weighted by atomic mass is 35.5. The van der Waals surface area contributed by atoms with Crippen molar-refractivity contribution in [3.63, 3.8) is 0 Å². The molecule has 2 aliphatic rings. The summed E-state index contributed by atoms with van der Waals surface area (Å²) in [5, 5.41) is 3.50. The van der Waals surface area contributed by atoms with Crippen LogP contribution in [-0.2, 0) is 10.0 Å². The first-order valence-electron chi connectivity index (χ1n) is 5.57. The standard InChI is InChI=1S/C11H13ClN2O2S/c12-9-3-1-2-4-10(9)17(15,16)14-11-7-5-13-6-8(7)11/h1-4,7-8,11,13-14H,5-6H2. The summed E-state index contributed by atoms with van der Waals surface area (Å²) >= 11 is 5.90. The van der Waals surface area contributed by atoms with E-state index < -0.39 is 10.0 Å². The van der Waals surface area contributed by atoms with E-state index in [-0.39, 0.29) is 16.0 Å². The Balaban J connectivity index is 1.80. The largest absolute Gasteiger partial charge is 0.316 e. The van der Waals surface area contributed by atoms with Gasteiger partial charge in [-0.15, -0.1) is 0 Å². The lowest BCUT2D eigenvalue weighted by molar-refractivity contribution is 0.565. The molecule has 2 unspecified atom stereocenters. The third kappa shape index (κ3) is 1.97. The number of hydrogen-bond acceptors (Lipinski definition) is 3. The smallest absolute Gasteiger partial charge is 0.242 e. The predicted molar refractivity (Wildman–Crippen MR) is 65.4 cm³/mol. The second-order valence-electron chi connectivity index (χ2n) is 4.56. The Morgan fingerprint density at radius 1 is 1.24 bits per heavy atom. The number of benzene rings is 1. The fraction of sp³-hybridized carbons (Fsp3) is 0.455. The lowest BCUT2D eigenvalue weighted by Gasteiger charge is -2.09. The van der Waals surface area contributed by atoms with Crippen molar-refractivity contribution in [3.8, 4) is 0 Å². The Morgan fingerprint density at radius 2 is 1.88 bits per heavy atom. The third-order valence-corrected chi connectivity index (χ3v) is 5.47. The highest BCUT2D eigenvalue weighted by molar-refractivity contribution is 7.89. The molecule has 1 aliphatic carbocycles. The molecule has 0 aromatic heterocycles. The Hall–Kier alpha value is -0.620. The first-order chi connectivity index (χ1) is 8.09. The van der Waals surface area contributed by atoms with Gasteiger partial charge in [-0.25, -0.2) is 13.1 Å². The Kier molecular flexibility index (Phi) is 2.66. The number of hydrogen-bond donors (Lipinski definition) is 2. The molecule has 17 heavy (non-hydrogen) atoms. The van der Waals surface area contributed by atoms with Crippen molar-refractivity contribution < 1.29 is 8.42 Å². The highest BCUT2D eigenvalue weighted by Crippen LogP contribution is 2.42. The molecule has 1 aromatic carbocycles. The van der Waals surface area contributed by atoms with Gasteiger partial charge < -0.3 is 5.32 Å². The molecule has 0 radical (unpaired) electrons. The first-order valence-corrected chi connectivity index (χ1v) is 7.43. The molecule has 92 valence electrons. The van der Waals surface area contributed by atoms with Crippen LogP contribution in [0.1, 0.15) is 0 Å². The molecule has 2 N–H and O–H groups in total. The summed E-state index contributed by atoms with van der Waals surface area (Å²) in [7, 11) is -3.48. The van der Waals surface area contributed by atoms with Crippen LogP contribution in [0.25, 0.3) is 0 Å². The maximum Gasteiger partial charge on any atom is 0.242 e. The fourth-order valence-corrected chi connectivity index (χ4v) is 4.36. The molecule has 0 bridgehead atoms. The molecule has 1 aromatic rings. The van der Waals surface area contributed by atoms with Crippen LogP contribution < -0.4 is 10.0 Å². The number of halogens is 1. The minimum Gasteiger partial charge on any atom is -0.316 e. The van der Waals surface area contributed by atoms with Crippen molar-refractivity contribution in [2.24, 2.45) is 11.8 Å². The van der Waals surface area contributed by atoms with E-state index in [2.05, 4.69) is 10.0 Å². The summed E-state index contributed by atoms with van der Waals surface area (Å²) < 4.78 is 27.0. The summed E-state index contributed by atoms with van der Waals surface area (Å²) in [6.07, 6.45) is 0. The van der Waals surface area contributed by atoms with Gasteiger partial charge in [0.25, 0.3) is 0 Å². The fourth-order valence-electron chi connectivity index (χ4n) is 2.50. The van der Waals surface area contributed by atoms with Gasteiger partial charge in [0, 0.05) is 6.04 Å². The molecular formula is C11H13ClN2O2S. The summed E-state index contributed by atoms with van der Waals surface area (Å²) in [6, 6.07) is 6.59. The van der Waals surface area contributed by atoms with Crippen molar-refractivity contribution in [3.05, 3.63) is 29.3 Å². The quantitative estimate of drug-likeness (QED) is 0.857. The zero-order valence-electron chi connectivity index (χ0n) is 9.06. The second-order valence-corrected chi connectivity index (χ2v) is 6.65. The normalized spacial score (nSPS) is 31.2. The molecule has 4 nitrogen and oxygen atoms in total. The van der Waals surface area contributed by atoms with Crippen LogP contribution in [0.4, 0.5) is 0 Å². The predicted octanol–water partition coefficient (Wildman–Crippen LogP) is 0.836. The van der Waals surface area contributed by atoms with E-state index in [0.717, 1.165) is 13.1 Å². The van der Waals surface area contributed by atoms with E-state index in [1.54, 1.807) is 18.2 Å². The van der Waals surface area contributed by atoms with Crippen LogP contribution >= 0.6 is 11.6 Å². The Bertz CT molecular complexity index is 536. The minimum absolute atomic E-state index is 0.0810. The average Bonchev–Trinajstić information content (AvgIpc) is 2.75. The molecule has 0 spiro atoms. The SMILES string of the molecule is O=S(=O)(NC1C2CNCC21)c1ccccc1Cl. The zero-order chi connectivity index (χ0) is 12.0. The molecule has 3 rings (SSSR count). The molecule has 2 atom stereocenters. The van der Waals surface area contributed by atoms with Crippen molar-refractivity contribution >= 4 is 21.6 Å². The van der Waals surface area contributed by atoms with Crippen molar-refractivity contribution in [1.82, 2.24) is 10.0 Å². The van der Waals surface area contributed by atoms with E-state index in [4.69, 9.17) is 11.6 Å². The van der Waals surface area contributed by atoms with Crippen molar-refractivity contribution in [2.45, 2.75) is 10.9 Å². The maximum absolute atomic E-state index is 12.1. The van der Waals surface area contributed by atoms with E-state index >= 15 is 0 Å². The van der Waals surface area contributed by atoms with Gasteiger partial charge in [-0.05, 0) is 37.1 Å². The lowest BCUT2D eigenvalue weighted by Crippen LogP contribution is -2.32. The van der Waals surface area contributed by atoms with Gasteiger partial charge in [-0.2, -0.15) is 0 Å². The monoisotopic (exact) mass is 272 g/mol. The van der Waals surface area contributed by atoms with E-state index in [1.807, 2.05) is 0 Å². The molecule has 1 heterocycles. The van der Waals surface area contributed by atoms with Gasteiger partial charge in [0.05, 0.1) is 5.02 Å². The number of piperidine rings is 1. The summed E-state index contributed by atoms with van der Waals surface area (Å²) in [5.41, 5.74) is 0. The zero-order valence-corrected chi connectivity index (χ0v) is 10.6.